The summed E-state index contributed by atoms with van der Waals surface area (Å²) in [5.74, 6) is 3.43. The largest absolute Gasteiger partial charge is 0.491 e. The number of aryl methyl sites for hydroxylation is 2. The van der Waals surface area contributed by atoms with E-state index in [1.165, 1.54) is 59.1 Å². The lowest BCUT2D eigenvalue weighted by Crippen LogP contribution is -2.16. The molecule has 0 amide bonds. The lowest BCUT2D eigenvalue weighted by molar-refractivity contribution is 0.0758. The quantitative estimate of drug-likeness (QED) is 0.156. The number of rotatable bonds is 0. The Morgan fingerprint density at radius 1 is 0.315 bits per heavy atom. The van der Waals surface area contributed by atoms with Crippen molar-refractivity contribution in [1.29, 1.82) is 0 Å². The maximum absolute atomic E-state index is 6.64. The van der Waals surface area contributed by atoms with Crippen LogP contribution >= 0.6 is 0 Å². The second-order valence-electron chi connectivity index (χ2n) is 14.5. The van der Waals surface area contributed by atoms with Gasteiger partial charge in [-0.05, 0) is 119 Å². The second kappa shape index (κ2) is 16.1. The van der Waals surface area contributed by atoms with Gasteiger partial charge in [0.25, 0.3) is 0 Å². The zero-order valence-electron chi connectivity index (χ0n) is 31.0. The van der Waals surface area contributed by atoms with Crippen molar-refractivity contribution in [2.75, 3.05) is 52.9 Å². The van der Waals surface area contributed by atoms with Gasteiger partial charge in [-0.25, -0.2) is 0 Å². The van der Waals surface area contributed by atoms with E-state index in [0.29, 0.717) is 52.9 Å². The van der Waals surface area contributed by atoms with Crippen LogP contribution in [0.15, 0.2) is 97.1 Å². The van der Waals surface area contributed by atoms with Crippen LogP contribution in [0.3, 0.4) is 0 Å². The molecule has 0 saturated carbocycles. The summed E-state index contributed by atoms with van der Waals surface area (Å²) in [5.41, 5.74) is 10.2. The van der Waals surface area contributed by atoms with Crippen LogP contribution in [0.25, 0.3) is 43.8 Å². The van der Waals surface area contributed by atoms with Crippen molar-refractivity contribution in [3.05, 3.63) is 119 Å². The Balaban J connectivity index is 1.05. The zero-order chi connectivity index (χ0) is 36.1. The van der Waals surface area contributed by atoms with Crippen molar-refractivity contribution in [1.82, 2.24) is 0 Å². The van der Waals surface area contributed by atoms with Crippen LogP contribution in [0.4, 0.5) is 0 Å². The van der Waals surface area contributed by atoms with Gasteiger partial charge in [-0.1, -0.05) is 72.8 Å². The molecule has 54 heavy (non-hydrogen) atoms. The molecule has 6 aromatic carbocycles. The molecule has 0 aromatic heterocycles. The molecule has 276 valence electrons. The highest BCUT2D eigenvalue weighted by molar-refractivity contribution is 6.09. The minimum absolute atomic E-state index is 0.404. The maximum atomic E-state index is 6.64. The molecule has 0 bridgehead atoms. The van der Waals surface area contributed by atoms with Gasteiger partial charge in [0.05, 0.1) is 26.4 Å². The van der Waals surface area contributed by atoms with Crippen molar-refractivity contribution in [2.24, 2.45) is 0 Å². The highest BCUT2D eigenvalue weighted by Crippen LogP contribution is 2.48. The summed E-state index contributed by atoms with van der Waals surface area (Å²) >= 11 is 0. The van der Waals surface area contributed by atoms with Gasteiger partial charge in [0.15, 0.2) is 0 Å². The average molecular weight is 721 g/mol. The maximum Gasteiger partial charge on any atom is 0.128 e. The van der Waals surface area contributed by atoms with Gasteiger partial charge in [-0.15, -0.1) is 0 Å². The SMILES string of the molecule is c1ccc2c3c(ccc2c1)OCCOCCOc1ccc2c(c1-c1c(ccc4c1CCCC4)OCCOCCOc1ccc4ccccc4c1-3)CCCC2. The van der Waals surface area contributed by atoms with Gasteiger partial charge in [-0.3, -0.25) is 0 Å². The van der Waals surface area contributed by atoms with E-state index in [9.17, 15) is 0 Å². The van der Waals surface area contributed by atoms with Crippen molar-refractivity contribution >= 4 is 21.5 Å². The lowest BCUT2D eigenvalue weighted by Gasteiger charge is -2.28. The molecule has 0 atom stereocenters. The topological polar surface area (TPSA) is 55.4 Å². The molecular formula is C48H48O6. The number of ether oxygens (including phenoxy) is 6. The first-order chi connectivity index (χ1) is 26.8. The van der Waals surface area contributed by atoms with Gasteiger partial charge in [0.1, 0.15) is 49.4 Å². The highest BCUT2D eigenvalue weighted by Gasteiger charge is 2.27. The summed E-state index contributed by atoms with van der Waals surface area (Å²) < 4.78 is 38.7. The molecule has 0 N–H and O–H groups in total. The van der Waals surface area contributed by atoms with Crippen molar-refractivity contribution in [2.45, 2.75) is 51.4 Å². The number of benzene rings is 6. The molecule has 0 unspecified atom stereocenters. The molecule has 0 radical (unpaired) electrons. The van der Waals surface area contributed by atoms with Gasteiger partial charge in [0, 0.05) is 22.3 Å². The van der Waals surface area contributed by atoms with E-state index >= 15 is 0 Å². The van der Waals surface area contributed by atoms with Crippen molar-refractivity contribution < 1.29 is 28.4 Å². The third-order valence-corrected chi connectivity index (χ3v) is 11.2. The Morgan fingerprint density at radius 3 is 1.13 bits per heavy atom. The Hall–Kier alpha value is -5.04. The molecule has 6 nitrogen and oxygen atoms in total. The first-order valence-corrected chi connectivity index (χ1v) is 19.8. The summed E-state index contributed by atoms with van der Waals surface area (Å²) in [5, 5.41) is 4.49. The van der Waals surface area contributed by atoms with Crippen LogP contribution in [-0.4, -0.2) is 52.9 Å². The van der Waals surface area contributed by atoms with Crippen LogP contribution in [0.5, 0.6) is 23.0 Å². The van der Waals surface area contributed by atoms with E-state index in [1.807, 2.05) is 0 Å². The Bertz CT molecular complexity index is 2110. The fourth-order valence-corrected chi connectivity index (χ4v) is 8.71. The monoisotopic (exact) mass is 720 g/mol. The first-order valence-electron chi connectivity index (χ1n) is 19.8. The van der Waals surface area contributed by atoms with E-state index < -0.39 is 0 Å². The molecule has 2 aliphatic carbocycles. The fourth-order valence-electron chi connectivity index (χ4n) is 8.71. The summed E-state index contributed by atoms with van der Waals surface area (Å²) in [7, 11) is 0. The smallest absolute Gasteiger partial charge is 0.128 e. The standard InChI is InChI=1S/C48H48O6/c1-5-13-37-33(9-1)17-21-41-45(37)46-38-14-6-2-10-34(38)18-22-42(46)52-30-26-50-28-32-54-44-24-20-36-12-4-8-16-40(36)48(44)47-39-15-7-3-11-35(39)19-23-43(47)53-31-27-49-25-29-51-41/h1-2,5-6,9-10,13-14,17-24H,3-4,7-8,11-12,15-16,25-32H2. The van der Waals surface area contributed by atoms with E-state index in [4.69, 9.17) is 28.4 Å². The first kappa shape index (κ1) is 34.7. The fraction of sp³-hybridized carbons (Fsp3) is 0.333. The van der Waals surface area contributed by atoms with Gasteiger partial charge in [0.2, 0.25) is 0 Å². The third kappa shape index (κ3) is 7.01. The van der Waals surface area contributed by atoms with E-state index in [2.05, 4.69) is 97.1 Å². The summed E-state index contributed by atoms with van der Waals surface area (Å²) in [6.07, 6.45) is 9.14. The zero-order valence-corrected chi connectivity index (χ0v) is 31.0. The van der Waals surface area contributed by atoms with Gasteiger partial charge >= 0.3 is 0 Å². The molecule has 0 spiro atoms. The van der Waals surface area contributed by atoms with Crippen LogP contribution in [0.2, 0.25) is 0 Å². The summed E-state index contributed by atoms with van der Waals surface area (Å²) in [6, 6.07) is 34.2. The predicted molar refractivity (Wildman–Crippen MR) is 216 cm³/mol. The molecule has 1 aliphatic heterocycles. The average Bonchev–Trinajstić information content (AvgIpc) is 3.22. The van der Waals surface area contributed by atoms with E-state index in [1.54, 1.807) is 0 Å². The Morgan fingerprint density at radius 2 is 0.685 bits per heavy atom. The lowest BCUT2D eigenvalue weighted by atomic mass is 9.80. The number of fused-ring (bicyclic) bond motifs is 14. The van der Waals surface area contributed by atoms with Gasteiger partial charge in [-0.2, -0.15) is 0 Å². The van der Waals surface area contributed by atoms with E-state index in [0.717, 1.165) is 81.4 Å². The molecule has 1 heterocycles. The van der Waals surface area contributed by atoms with E-state index in [-0.39, 0.29) is 0 Å². The molecule has 6 aromatic rings. The third-order valence-electron chi connectivity index (χ3n) is 11.2. The Kier molecular flexibility index (Phi) is 10.4. The van der Waals surface area contributed by atoms with Gasteiger partial charge < -0.3 is 28.4 Å². The summed E-state index contributed by atoms with van der Waals surface area (Å²) in [4.78, 5) is 0. The minimum atomic E-state index is 0.404. The van der Waals surface area contributed by atoms with Crippen LogP contribution in [0, 0.1) is 0 Å². The van der Waals surface area contributed by atoms with Crippen molar-refractivity contribution in [3.63, 3.8) is 0 Å². The van der Waals surface area contributed by atoms with Crippen LogP contribution in [0.1, 0.15) is 47.9 Å². The molecule has 9 rings (SSSR count). The molecule has 0 fully saturated rings. The molecule has 0 saturated heterocycles. The second-order valence-corrected chi connectivity index (χ2v) is 14.5. The number of hydrogen-bond acceptors (Lipinski definition) is 6. The molecular weight excluding hydrogens is 673 g/mol. The van der Waals surface area contributed by atoms with Crippen molar-refractivity contribution in [3.8, 4) is 45.3 Å². The van der Waals surface area contributed by atoms with Crippen LogP contribution in [-0.2, 0) is 35.2 Å². The normalized spacial score (nSPS) is 16.9. The molecule has 3 aliphatic rings. The Labute approximate surface area is 317 Å². The number of hydrogen-bond donors (Lipinski definition) is 0. The minimum Gasteiger partial charge on any atom is -0.491 e. The highest BCUT2D eigenvalue weighted by atomic mass is 16.6. The van der Waals surface area contributed by atoms with Crippen LogP contribution < -0.4 is 18.9 Å². The summed E-state index contributed by atoms with van der Waals surface area (Å²) in [6.45, 7) is 3.49. The molecule has 6 heteroatoms. The predicted octanol–water partition coefficient (Wildman–Crippen LogP) is 10.3.